The van der Waals surface area contributed by atoms with E-state index in [0.717, 1.165) is 11.6 Å². The highest BCUT2D eigenvalue weighted by molar-refractivity contribution is 5.99. The Kier molecular flexibility index (Phi) is 6.92. The Labute approximate surface area is 212 Å². The summed E-state index contributed by atoms with van der Waals surface area (Å²) >= 11 is 0. The van der Waals surface area contributed by atoms with Crippen molar-refractivity contribution in [2.45, 2.75) is 51.4 Å². The minimum absolute atomic E-state index is 0.0191. The first-order valence-electron chi connectivity index (χ1n) is 12.2. The smallest absolute Gasteiger partial charge is 0.276 e. The SMILES string of the molecule is C[C@@H]1CCO[C@H]2Cn3cc(C(=O)NCC4=CC=C(F)CC4F)c(=O)c(OCc4ccccc4)c3C(=O)N12. The fourth-order valence-corrected chi connectivity index (χ4v) is 4.79. The lowest BCUT2D eigenvalue weighted by atomic mass is 10.0. The van der Waals surface area contributed by atoms with Crippen molar-refractivity contribution < 1.29 is 27.8 Å². The average Bonchev–Trinajstić information content (AvgIpc) is 2.88. The quantitative estimate of drug-likeness (QED) is 0.643. The van der Waals surface area contributed by atoms with Crippen LogP contribution in [0.2, 0.25) is 0 Å². The molecular weight excluding hydrogens is 484 g/mol. The molecule has 0 saturated carbocycles. The zero-order valence-corrected chi connectivity index (χ0v) is 20.3. The van der Waals surface area contributed by atoms with Gasteiger partial charge in [-0.05, 0) is 30.6 Å². The third-order valence-electron chi connectivity index (χ3n) is 6.84. The molecule has 1 aliphatic carbocycles. The Morgan fingerprint density at radius 2 is 2.00 bits per heavy atom. The summed E-state index contributed by atoms with van der Waals surface area (Å²) < 4.78 is 40.7. The monoisotopic (exact) mass is 511 g/mol. The number of pyridine rings is 1. The Morgan fingerprint density at radius 1 is 1.22 bits per heavy atom. The van der Waals surface area contributed by atoms with Crippen molar-refractivity contribution in [3.8, 4) is 5.75 Å². The van der Waals surface area contributed by atoms with Crippen LogP contribution in [-0.2, 0) is 17.9 Å². The molecule has 1 aromatic carbocycles. The lowest BCUT2D eigenvalue weighted by Crippen LogP contribution is -2.57. The van der Waals surface area contributed by atoms with Gasteiger partial charge in [-0.15, -0.1) is 0 Å². The normalized spacial score (nSPS) is 22.9. The average molecular weight is 512 g/mol. The molecule has 1 unspecified atom stereocenters. The Bertz CT molecular complexity index is 1340. The zero-order valence-electron chi connectivity index (χ0n) is 20.3. The van der Waals surface area contributed by atoms with Crippen LogP contribution in [0.3, 0.4) is 0 Å². The van der Waals surface area contributed by atoms with Gasteiger partial charge in [0.05, 0.1) is 13.2 Å². The molecule has 0 bridgehead atoms. The summed E-state index contributed by atoms with van der Waals surface area (Å²) in [5, 5.41) is 2.54. The number of carbonyl (C=O) groups is 2. The zero-order chi connectivity index (χ0) is 26.1. The summed E-state index contributed by atoms with van der Waals surface area (Å²) in [5.74, 6) is -1.95. The van der Waals surface area contributed by atoms with Crippen LogP contribution in [0, 0.1) is 0 Å². The van der Waals surface area contributed by atoms with Gasteiger partial charge in [0.15, 0.2) is 17.7 Å². The Balaban J connectivity index is 1.49. The molecule has 1 N–H and O–H groups in total. The van der Waals surface area contributed by atoms with Gasteiger partial charge in [-0.25, -0.2) is 8.78 Å². The fraction of sp³-hybridized carbons (Fsp3) is 0.370. The van der Waals surface area contributed by atoms with Crippen LogP contribution in [0.25, 0.3) is 0 Å². The number of carbonyl (C=O) groups excluding carboxylic acids is 2. The lowest BCUT2D eigenvalue weighted by molar-refractivity contribution is -0.112. The van der Waals surface area contributed by atoms with Crippen LogP contribution in [0.5, 0.6) is 5.75 Å². The van der Waals surface area contributed by atoms with E-state index in [2.05, 4.69) is 5.32 Å². The molecule has 2 aromatic rings. The number of benzene rings is 1. The molecule has 1 fully saturated rings. The van der Waals surface area contributed by atoms with E-state index in [1.165, 1.54) is 16.8 Å². The first-order chi connectivity index (χ1) is 17.8. The maximum absolute atomic E-state index is 14.2. The van der Waals surface area contributed by atoms with E-state index in [4.69, 9.17) is 9.47 Å². The number of rotatable bonds is 6. The Hall–Kier alpha value is -3.79. The summed E-state index contributed by atoms with van der Waals surface area (Å²) in [6.07, 6.45) is 1.94. The highest BCUT2D eigenvalue weighted by atomic mass is 19.1. The molecule has 3 atom stereocenters. The van der Waals surface area contributed by atoms with E-state index in [9.17, 15) is 23.2 Å². The van der Waals surface area contributed by atoms with Crippen molar-refractivity contribution >= 4 is 11.8 Å². The van der Waals surface area contributed by atoms with Gasteiger partial charge in [0.25, 0.3) is 11.8 Å². The summed E-state index contributed by atoms with van der Waals surface area (Å²) in [6, 6.07) is 9.05. The van der Waals surface area contributed by atoms with Crippen LogP contribution in [0.4, 0.5) is 8.78 Å². The predicted octanol–water partition coefficient (Wildman–Crippen LogP) is 3.27. The fourth-order valence-electron chi connectivity index (χ4n) is 4.79. The van der Waals surface area contributed by atoms with Crippen LogP contribution < -0.4 is 15.5 Å². The molecule has 1 saturated heterocycles. The molecule has 5 rings (SSSR count). The van der Waals surface area contributed by atoms with Gasteiger partial charge >= 0.3 is 0 Å². The van der Waals surface area contributed by atoms with Crippen molar-refractivity contribution in [1.82, 2.24) is 14.8 Å². The van der Waals surface area contributed by atoms with Crippen molar-refractivity contribution in [2.75, 3.05) is 13.2 Å². The summed E-state index contributed by atoms with van der Waals surface area (Å²) in [4.78, 5) is 41.7. The highest BCUT2D eigenvalue weighted by Crippen LogP contribution is 2.30. The van der Waals surface area contributed by atoms with Crippen LogP contribution in [-0.4, -0.2) is 52.9 Å². The molecule has 0 radical (unpaired) electrons. The number of nitrogens with one attached hydrogen (secondary N) is 1. The number of aromatic nitrogens is 1. The van der Waals surface area contributed by atoms with Gasteiger partial charge < -0.3 is 24.3 Å². The number of ether oxygens (including phenoxy) is 2. The molecule has 8 nitrogen and oxygen atoms in total. The number of amides is 2. The summed E-state index contributed by atoms with van der Waals surface area (Å²) in [7, 11) is 0. The van der Waals surface area contributed by atoms with Gasteiger partial charge in [-0.3, -0.25) is 14.4 Å². The largest absolute Gasteiger partial charge is 0.483 e. The second kappa shape index (κ2) is 10.3. The third-order valence-corrected chi connectivity index (χ3v) is 6.84. The molecule has 2 amide bonds. The molecule has 3 aliphatic rings. The maximum atomic E-state index is 14.2. The molecule has 10 heteroatoms. The van der Waals surface area contributed by atoms with E-state index in [1.54, 1.807) is 4.90 Å². The van der Waals surface area contributed by atoms with Crippen LogP contribution >= 0.6 is 0 Å². The number of hydrogen-bond donors (Lipinski definition) is 1. The number of nitrogens with zero attached hydrogens (tertiary/aromatic N) is 2. The predicted molar refractivity (Wildman–Crippen MR) is 131 cm³/mol. The molecule has 1 aromatic heterocycles. The second-order valence-electron chi connectivity index (χ2n) is 9.36. The second-order valence-corrected chi connectivity index (χ2v) is 9.36. The van der Waals surface area contributed by atoms with Gasteiger partial charge in [0.2, 0.25) is 5.43 Å². The van der Waals surface area contributed by atoms with E-state index >= 15 is 0 Å². The summed E-state index contributed by atoms with van der Waals surface area (Å²) in [5.41, 5.74) is 0.0574. The van der Waals surface area contributed by atoms with E-state index in [-0.39, 0.29) is 54.7 Å². The van der Waals surface area contributed by atoms with Crippen molar-refractivity contribution in [3.05, 3.63) is 87.1 Å². The maximum Gasteiger partial charge on any atom is 0.276 e. The van der Waals surface area contributed by atoms with Gasteiger partial charge in [-0.2, -0.15) is 0 Å². The first-order valence-corrected chi connectivity index (χ1v) is 12.2. The molecule has 0 spiro atoms. The first kappa shape index (κ1) is 24.9. The standard InChI is InChI=1S/C27H27F2N3O5/c1-16-9-10-36-22-14-31-13-20(26(34)30-12-18-7-8-19(28)11-21(18)29)24(33)25(23(31)27(35)32(16)22)37-15-17-5-3-2-4-6-17/h2-8,13,16,21-22H,9-12,14-15H2,1H3,(H,30,34)/t16-,21?,22+/m1/s1. The molecule has 2 aliphatic heterocycles. The summed E-state index contributed by atoms with van der Waals surface area (Å²) in [6.45, 7) is 2.46. The van der Waals surface area contributed by atoms with Gasteiger partial charge in [0, 0.05) is 25.2 Å². The number of hydrogen-bond acceptors (Lipinski definition) is 5. The molecular formula is C27H27F2N3O5. The van der Waals surface area contributed by atoms with E-state index in [0.29, 0.717) is 13.0 Å². The third kappa shape index (κ3) is 4.93. The van der Waals surface area contributed by atoms with Crippen LogP contribution in [0.1, 0.15) is 46.2 Å². The van der Waals surface area contributed by atoms with Crippen molar-refractivity contribution in [2.24, 2.45) is 0 Å². The lowest BCUT2D eigenvalue weighted by Gasteiger charge is -2.44. The molecule has 194 valence electrons. The van der Waals surface area contributed by atoms with Gasteiger partial charge in [0.1, 0.15) is 24.2 Å². The number of alkyl halides is 1. The Morgan fingerprint density at radius 3 is 2.76 bits per heavy atom. The molecule has 37 heavy (non-hydrogen) atoms. The van der Waals surface area contributed by atoms with E-state index < -0.39 is 35.5 Å². The molecule has 3 heterocycles. The highest BCUT2D eigenvalue weighted by Gasteiger charge is 2.41. The van der Waals surface area contributed by atoms with Crippen LogP contribution in [0.15, 0.2) is 64.9 Å². The van der Waals surface area contributed by atoms with Crippen molar-refractivity contribution in [1.29, 1.82) is 0 Å². The van der Waals surface area contributed by atoms with Crippen molar-refractivity contribution in [3.63, 3.8) is 0 Å². The minimum Gasteiger partial charge on any atom is -0.483 e. The van der Waals surface area contributed by atoms with E-state index in [1.807, 2.05) is 37.3 Å². The number of halogens is 2. The minimum atomic E-state index is -1.56. The number of fused-ring (bicyclic) bond motifs is 2. The van der Waals surface area contributed by atoms with Gasteiger partial charge in [-0.1, -0.05) is 36.4 Å². The topological polar surface area (TPSA) is 89.9 Å². The number of allylic oxidation sites excluding steroid dienone is 3.